The van der Waals surface area contributed by atoms with Gasteiger partial charge in [-0.05, 0) is 62.9 Å². The molecule has 2 N–H and O–H groups in total. The van der Waals surface area contributed by atoms with Crippen LogP contribution in [0.5, 0.6) is 0 Å². The molecule has 0 spiro atoms. The molecule has 2 aliphatic heterocycles. The van der Waals surface area contributed by atoms with Gasteiger partial charge in [0.05, 0.1) is 21.8 Å². The van der Waals surface area contributed by atoms with E-state index < -0.39 is 38.7 Å². The Hall–Kier alpha value is -3.83. The molecule has 11 heteroatoms. The van der Waals surface area contributed by atoms with Gasteiger partial charge in [0.15, 0.2) is 9.84 Å². The molecule has 3 heterocycles. The van der Waals surface area contributed by atoms with E-state index in [9.17, 15) is 26.8 Å². The van der Waals surface area contributed by atoms with Gasteiger partial charge in [0.2, 0.25) is 0 Å². The van der Waals surface area contributed by atoms with Crippen LogP contribution in [0.4, 0.5) is 14.5 Å². The summed E-state index contributed by atoms with van der Waals surface area (Å²) in [6.07, 6.45) is 1.59. The van der Waals surface area contributed by atoms with Crippen molar-refractivity contribution in [2.45, 2.75) is 24.5 Å². The van der Waals surface area contributed by atoms with E-state index in [1.54, 1.807) is 19.9 Å². The van der Waals surface area contributed by atoms with E-state index in [0.717, 1.165) is 25.2 Å². The molecule has 8 nitrogen and oxygen atoms in total. The zero-order chi connectivity index (χ0) is 28.1. The average Bonchev–Trinajstić information content (AvgIpc) is 3.35. The van der Waals surface area contributed by atoms with Crippen LogP contribution in [0.3, 0.4) is 0 Å². The van der Waals surface area contributed by atoms with Crippen LogP contribution < -0.4 is 5.32 Å². The molecule has 5 rings (SSSR count). The van der Waals surface area contributed by atoms with Gasteiger partial charge in [0.1, 0.15) is 11.6 Å². The minimum Gasteiger partial charge on any atom is -0.358 e. The normalized spacial score (nSPS) is 17.0. The number of aromatic nitrogens is 1. The Morgan fingerprint density at radius 1 is 1.05 bits per heavy atom. The van der Waals surface area contributed by atoms with Gasteiger partial charge in [-0.15, -0.1) is 0 Å². The summed E-state index contributed by atoms with van der Waals surface area (Å²) in [7, 11) is -2.13. The summed E-state index contributed by atoms with van der Waals surface area (Å²) in [4.78, 5) is 33.1. The molecule has 204 valence electrons. The number of amides is 2. The minimum atomic E-state index is -4.14. The van der Waals surface area contributed by atoms with Gasteiger partial charge in [0, 0.05) is 54.4 Å². The third-order valence-corrected chi connectivity index (χ3v) is 8.94. The number of hydrogen-bond acceptors (Lipinski definition) is 5. The maximum absolute atomic E-state index is 14.1. The fourth-order valence-corrected chi connectivity index (χ4v) is 6.39. The summed E-state index contributed by atoms with van der Waals surface area (Å²) in [6.45, 7) is 6.43. The molecule has 0 aliphatic carbocycles. The van der Waals surface area contributed by atoms with Crippen molar-refractivity contribution in [3.63, 3.8) is 0 Å². The second-order valence-electron chi connectivity index (χ2n) is 9.94. The van der Waals surface area contributed by atoms with Crippen LogP contribution in [0.15, 0.2) is 41.3 Å². The number of hydrogen-bond donors (Lipinski definition) is 2. The number of anilines is 1. The number of carbonyl (C=O) groups is 2. The molecule has 1 aromatic heterocycles. The first-order valence-corrected chi connectivity index (χ1v) is 14.1. The van der Waals surface area contributed by atoms with Crippen LogP contribution in [0.2, 0.25) is 0 Å². The molecule has 2 aromatic carbocycles. The van der Waals surface area contributed by atoms with Gasteiger partial charge in [-0.25, -0.2) is 17.2 Å². The van der Waals surface area contributed by atoms with Gasteiger partial charge in [0.25, 0.3) is 11.8 Å². The highest BCUT2D eigenvalue weighted by molar-refractivity contribution is 7.90. The highest BCUT2D eigenvalue weighted by atomic mass is 32.2. The topological polar surface area (TPSA) is 103 Å². The monoisotopic (exact) mass is 554 g/mol. The number of benzene rings is 2. The minimum absolute atomic E-state index is 0.0796. The lowest BCUT2D eigenvalue weighted by Crippen LogP contribution is -2.47. The van der Waals surface area contributed by atoms with Crippen LogP contribution in [-0.4, -0.2) is 68.2 Å². The predicted molar refractivity (Wildman–Crippen MR) is 144 cm³/mol. The van der Waals surface area contributed by atoms with Gasteiger partial charge >= 0.3 is 0 Å². The Kier molecular flexibility index (Phi) is 6.90. The van der Waals surface area contributed by atoms with E-state index >= 15 is 0 Å². The molecule has 3 aromatic rings. The maximum Gasteiger partial charge on any atom is 0.256 e. The molecule has 0 bridgehead atoms. The number of sulfone groups is 1. The molecule has 2 aliphatic rings. The molecular formula is C28H28F2N4O4S. The molecule has 0 unspecified atom stereocenters. The van der Waals surface area contributed by atoms with Gasteiger partial charge < -0.3 is 20.1 Å². The highest BCUT2D eigenvalue weighted by Gasteiger charge is 2.30. The van der Waals surface area contributed by atoms with Crippen molar-refractivity contribution in [1.29, 1.82) is 0 Å². The molecule has 0 atom stereocenters. The standard InChI is InChI=1S/C28H28F2N4O4S/c1-16-25(31-17(2)26(16)28(36)34-11-9-33(3)10-12-34)14-20-19-13-18(7-8-24(19)32-27(20)35)39(37,38)15-21-22(29)5-4-6-23(21)30/h4-8,13-14,31H,9-12,15H2,1-3H3,(H,32,35). The first-order valence-electron chi connectivity index (χ1n) is 12.5. The number of fused-ring (bicyclic) bond motifs is 1. The summed E-state index contributed by atoms with van der Waals surface area (Å²) in [6, 6.07) is 7.25. The third-order valence-electron chi connectivity index (χ3n) is 7.30. The fourth-order valence-electron chi connectivity index (χ4n) is 5.00. The van der Waals surface area contributed by atoms with E-state index in [-0.39, 0.29) is 16.4 Å². The first kappa shape index (κ1) is 26.8. The number of halogens is 2. The maximum atomic E-state index is 14.1. The van der Waals surface area contributed by atoms with Gasteiger partial charge in [-0.1, -0.05) is 6.07 Å². The Labute approximate surface area is 225 Å². The SMILES string of the molecule is Cc1[nH]c(C=C2C(=O)Nc3ccc(S(=O)(=O)Cc4c(F)cccc4F)cc32)c(C)c1C(=O)N1CCN(C)CC1. The van der Waals surface area contributed by atoms with Crippen molar-refractivity contribution in [2.24, 2.45) is 0 Å². The molecule has 2 amide bonds. The van der Waals surface area contributed by atoms with Crippen LogP contribution in [-0.2, 0) is 20.4 Å². The van der Waals surface area contributed by atoms with Gasteiger partial charge in [-0.2, -0.15) is 0 Å². The zero-order valence-corrected chi connectivity index (χ0v) is 22.6. The Morgan fingerprint density at radius 2 is 1.72 bits per heavy atom. The number of H-pyrrole nitrogens is 1. The molecule has 1 saturated heterocycles. The number of nitrogens with zero attached hydrogens (tertiary/aromatic N) is 2. The highest BCUT2D eigenvalue weighted by Crippen LogP contribution is 2.36. The smallest absolute Gasteiger partial charge is 0.256 e. The van der Waals surface area contributed by atoms with Crippen LogP contribution in [0.25, 0.3) is 11.6 Å². The second-order valence-corrected chi connectivity index (χ2v) is 11.9. The molecule has 39 heavy (non-hydrogen) atoms. The lowest BCUT2D eigenvalue weighted by molar-refractivity contribution is -0.110. The number of carbonyl (C=O) groups excluding carboxylic acids is 2. The van der Waals surface area contributed by atoms with Gasteiger partial charge in [-0.3, -0.25) is 9.59 Å². The Morgan fingerprint density at radius 3 is 2.38 bits per heavy atom. The average molecular weight is 555 g/mol. The predicted octanol–water partition coefficient (Wildman–Crippen LogP) is 3.76. The summed E-state index contributed by atoms with van der Waals surface area (Å²) in [5.74, 6) is -3.27. The van der Waals surface area contributed by atoms with E-state index in [0.29, 0.717) is 46.9 Å². The quantitative estimate of drug-likeness (QED) is 0.468. The van der Waals surface area contributed by atoms with E-state index in [1.165, 1.54) is 24.3 Å². The first-order chi connectivity index (χ1) is 18.5. The van der Waals surface area contributed by atoms with Crippen LogP contribution in [0, 0.1) is 25.5 Å². The Bertz CT molecular complexity index is 1620. The summed E-state index contributed by atoms with van der Waals surface area (Å²) in [5, 5.41) is 2.72. The van der Waals surface area contributed by atoms with E-state index in [4.69, 9.17) is 0 Å². The fraction of sp³-hybridized carbons (Fsp3) is 0.286. The van der Waals surface area contributed by atoms with Crippen molar-refractivity contribution in [2.75, 3.05) is 38.5 Å². The Balaban J connectivity index is 1.48. The van der Waals surface area contributed by atoms with Crippen molar-refractivity contribution >= 4 is 39.0 Å². The van der Waals surface area contributed by atoms with Crippen LogP contribution in [0.1, 0.15) is 38.4 Å². The van der Waals surface area contributed by atoms with Crippen molar-refractivity contribution in [1.82, 2.24) is 14.8 Å². The second kappa shape index (κ2) is 10.0. The molecular weight excluding hydrogens is 526 g/mol. The van der Waals surface area contributed by atoms with E-state index in [1.807, 2.05) is 11.9 Å². The van der Waals surface area contributed by atoms with Crippen LogP contribution >= 0.6 is 0 Å². The summed E-state index contributed by atoms with van der Waals surface area (Å²) < 4.78 is 54.5. The number of aryl methyl sites for hydroxylation is 1. The van der Waals surface area contributed by atoms with Crippen molar-refractivity contribution in [3.8, 4) is 0 Å². The number of nitrogens with one attached hydrogen (secondary N) is 2. The lowest BCUT2D eigenvalue weighted by Gasteiger charge is -2.32. The van der Waals surface area contributed by atoms with Crippen molar-refractivity contribution in [3.05, 3.63) is 81.7 Å². The largest absolute Gasteiger partial charge is 0.358 e. The number of likely N-dealkylation sites (N-methyl/N-ethyl adjacent to an activating group) is 1. The summed E-state index contributed by atoms with van der Waals surface area (Å²) >= 11 is 0. The number of piperazine rings is 1. The molecule has 0 radical (unpaired) electrons. The third kappa shape index (κ3) is 4.99. The number of rotatable bonds is 5. The number of aromatic amines is 1. The molecule has 0 saturated carbocycles. The molecule has 1 fully saturated rings. The van der Waals surface area contributed by atoms with Crippen molar-refractivity contribution < 1.29 is 26.8 Å². The summed E-state index contributed by atoms with van der Waals surface area (Å²) in [5.41, 5.74) is 2.89. The zero-order valence-electron chi connectivity index (χ0n) is 21.8. The lowest BCUT2D eigenvalue weighted by atomic mass is 10.0. The van der Waals surface area contributed by atoms with E-state index in [2.05, 4.69) is 15.2 Å².